The van der Waals surface area contributed by atoms with Gasteiger partial charge >= 0.3 is 12.1 Å². The number of carbonyl (C=O) groups is 1. The fourth-order valence-corrected chi connectivity index (χ4v) is 1.81. The number of para-hydroxylation sites is 1. The van der Waals surface area contributed by atoms with E-state index in [4.69, 9.17) is 4.74 Å². The van der Waals surface area contributed by atoms with Crippen molar-refractivity contribution in [2.45, 2.75) is 18.7 Å². The van der Waals surface area contributed by atoms with Crippen molar-refractivity contribution in [2.75, 3.05) is 0 Å². The van der Waals surface area contributed by atoms with Crippen LogP contribution in [0.1, 0.15) is 15.9 Å². The third kappa shape index (κ3) is 3.67. The molecule has 122 valence electrons. The second-order valence-corrected chi connectivity index (χ2v) is 4.67. The first-order valence-electron chi connectivity index (χ1n) is 6.48. The molecule has 0 N–H and O–H groups in total. The summed E-state index contributed by atoms with van der Waals surface area (Å²) in [6, 6.07) is 13.2. The highest BCUT2D eigenvalue weighted by Crippen LogP contribution is 2.39. The van der Waals surface area contributed by atoms with Crippen molar-refractivity contribution in [1.29, 1.82) is 0 Å². The van der Waals surface area contributed by atoms with Crippen LogP contribution in [0.4, 0.5) is 22.0 Å². The van der Waals surface area contributed by atoms with Gasteiger partial charge in [0, 0.05) is 0 Å². The lowest BCUT2D eigenvalue weighted by Gasteiger charge is -2.19. The van der Waals surface area contributed by atoms with Gasteiger partial charge in [-0.1, -0.05) is 42.5 Å². The monoisotopic (exact) mass is 330 g/mol. The van der Waals surface area contributed by atoms with Crippen LogP contribution in [0.15, 0.2) is 54.6 Å². The molecule has 7 heteroatoms. The van der Waals surface area contributed by atoms with Crippen LogP contribution in [0.5, 0.6) is 5.75 Å². The van der Waals surface area contributed by atoms with E-state index in [2.05, 4.69) is 0 Å². The molecule has 0 saturated heterocycles. The molecule has 0 aliphatic heterocycles. The van der Waals surface area contributed by atoms with Crippen molar-refractivity contribution in [3.63, 3.8) is 0 Å². The van der Waals surface area contributed by atoms with Crippen molar-refractivity contribution >= 4 is 5.78 Å². The molecule has 0 aliphatic rings. The molecule has 0 atom stereocenters. The summed E-state index contributed by atoms with van der Waals surface area (Å²) in [7, 11) is 0. The summed E-state index contributed by atoms with van der Waals surface area (Å²) in [4.78, 5) is 11.6. The second-order valence-electron chi connectivity index (χ2n) is 4.67. The lowest BCUT2D eigenvalue weighted by Crippen LogP contribution is -2.44. The first-order valence-corrected chi connectivity index (χ1v) is 6.48. The number of ether oxygens (including phenoxy) is 1. The first kappa shape index (κ1) is 16.9. The van der Waals surface area contributed by atoms with Gasteiger partial charge in [0.1, 0.15) is 12.4 Å². The molecule has 0 spiro atoms. The molecule has 0 fully saturated rings. The van der Waals surface area contributed by atoms with E-state index in [1.165, 1.54) is 18.2 Å². The van der Waals surface area contributed by atoms with Gasteiger partial charge in [0.2, 0.25) is 5.78 Å². The van der Waals surface area contributed by atoms with Gasteiger partial charge in [0.25, 0.3) is 0 Å². The highest BCUT2D eigenvalue weighted by molar-refractivity contribution is 6.04. The quantitative estimate of drug-likeness (QED) is 0.589. The number of halogens is 5. The molecule has 2 nitrogen and oxygen atoms in total. The Morgan fingerprint density at radius 2 is 1.43 bits per heavy atom. The molecule has 0 bridgehead atoms. The topological polar surface area (TPSA) is 26.3 Å². The van der Waals surface area contributed by atoms with Crippen LogP contribution in [0, 0.1) is 0 Å². The zero-order chi connectivity index (χ0) is 17.1. The van der Waals surface area contributed by atoms with E-state index in [1.807, 2.05) is 0 Å². The maximum atomic E-state index is 13.2. The Kier molecular flexibility index (Phi) is 4.68. The van der Waals surface area contributed by atoms with Gasteiger partial charge in [0.05, 0.1) is 5.56 Å². The Morgan fingerprint density at radius 3 is 2.04 bits per heavy atom. The molecule has 0 aromatic heterocycles. The molecule has 0 heterocycles. The van der Waals surface area contributed by atoms with Gasteiger partial charge in [0.15, 0.2) is 0 Å². The summed E-state index contributed by atoms with van der Waals surface area (Å²) >= 11 is 0. The first-order chi connectivity index (χ1) is 10.7. The highest BCUT2D eigenvalue weighted by atomic mass is 19.4. The van der Waals surface area contributed by atoms with E-state index < -0.39 is 23.4 Å². The molecule has 0 unspecified atom stereocenters. The maximum Gasteiger partial charge on any atom is 0.461 e. The third-order valence-electron chi connectivity index (χ3n) is 3.01. The minimum absolute atomic E-state index is 0.0667. The minimum Gasteiger partial charge on any atom is -0.488 e. The predicted octanol–water partition coefficient (Wildman–Crippen LogP) is 4.65. The van der Waals surface area contributed by atoms with Gasteiger partial charge in [-0.15, -0.1) is 0 Å². The van der Waals surface area contributed by atoms with Gasteiger partial charge in [-0.25, -0.2) is 0 Å². The average Bonchev–Trinajstić information content (AvgIpc) is 2.52. The fourth-order valence-electron chi connectivity index (χ4n) is 1.81. The van der Waals surface area contributed by atoms with Crippen molar-refractivity contribution < 1.29 is 31.5 Å². The molecule has 2 aromatic carbocycles. The zero-order valence-electron chi connectivity index (χ0n) is 11.6. The molecule has 2 aromatic rings. The summed E-state index contributed by atoms with van der Waals surface area (Å²) in [5, 5.41) is 0. The normalized spacial score (nSPS) is 12.0. The number of hydrogen-bond acceptors (Lipinski definition) is 2. The summed E-state index contributed by atoms with van der Waals surface area (Å²) < 4.78 is 68.7. The van der Waals surface area contributed by atoms with E-state index >= 15 is 0 Å². The Balaban J connectivity index is 2.26. The van der Waals surface area contributed by atoms with E-state index in [0.717, 1.165) is 6.07 Å². The smallest absolute Gasteiger partial charge is 0.461 e. The number of ketones is 1. The number of carbonyl (C=O) groups excluding carboxylic acids is 1. The van der Waals surface area contributed by atoms with Gasteiger partial charge in [-0.05, 0) is 17.7 Å². The molecule has 2 rings (SSSR count). The van der Waals surface area contributed by atoms with E-state index in [9.17, 15) is 26.7 Å². The molecule has 0 amide bonds. The van der Waals surface area contributed by atoms with Crippen molar-refractivity contribution in [3.8, 4) is 5.75 Å². The SMILES string of the molecule is O=C(c1ccccc1OCc1ccccc1)C(F)(F)C(F)(F)F. The summed E-state index contributed by atoms with van der Waals surface area (Å²) in [5.74, 6) is -8.14. The lowest BCUT2D eigenvalue weighted by atomic mass is 10.0. The summed E-state index contributed by atoms with van der Waals surface area (Å²) in [6.07, 6.45) is -5.96. The highest BCUT2D eigenvalue weighted by Gasteiger charge is 2.63. The van der Waals surface area contributed by atoms with Crippen LogP contribution >= 0.6 is 0 Å². The number of hydrogen-bond donors (Lipinski definition) is 0. The molecular weight excluding hydrogens is 319 g/mol. The van der Waals surface area contributed by atoms with Gasteiger partial charge in [-0.3, -0.25) is 4.79 Å². The number of alkyl halides is 5. The fraction of sp³-hybridized carbons (Fsp3) is 0.188. The Bertz CT molecular complexity index is 680. The van der Waals surface area contributed by atoms with Crippen LogP contribution < -0.4 is 4.74 Å². The summed E-state index contributed by atoms with van der Waals surface area (Å²) in [5.41, 5.74) is -0.136. The Labute approximate surface area is 128 Å². The average molecular weight is 330 g/mol. The van der Waals surface area contributed by atoms with Crippen LogP contribution in [0.2, 0.25) is 0 Å². The lowest BCUT2D eigenvalue weighted by molar-refractivity contribution is -0.255. The van der Waals surface area contributed by atoms with Gasteiger partial charge in [-0.2, -0.15) is 22.0 Å². The van der Waals surface area contributed by atoms with Crippen LogP contribution in [0.3, 0.4) is 0 Å². The maximum absolute atomic E-state index is 13.2. The Hall–Kier alpha value is -2.44. The zero-order valence-corrected chi connectivity index (χ0v) is 11.6. The molecule has 0 saturated carbocycles. The van der Waals surface area contributed by atoms with Gasteiger partial charge < -0.3 is 4.74 Å². The van der Waals surface area contributed by atoms with Crippen LogP contribution in [-0.2, 0) is 6.61 Å². The van der Waals surface area contributed by atoms with E-state index in [1.54, 1.807) is 30.3 Å². The number of Topliss-reactive ketones (excluding diaryl/α,β-unsaturated/α-hetero) is 1. The van der Waals surface area contributed by atoms with Crippen molar-refractivity contribution in [1.82, 2.24) is 0 Å². The van der Waals surface area contributed by atoms with E-state index in [-0.39, 0.29) is 12.4 Å². The number of rotatable bonds is 5. The molecule has 0 radical (unpaired) electrons. The second kappa shape index (κ2) is 6.36. The third-order valence-corrected chi connectivity index (χ3v) is 3.01. The van der Waals surface area contributed by atoms with E-state index in [0.29, 0.717) is 5.56 Å². The van der Waals surface area contributed by atoms with Crippen molar-refractivity contribution in [2.24, 2.45) is 0 Å². The molecule has 23 heavy (non-hydrogen) atoms. The van der Waals surface area contributed by atoms with Crippen LogP contribution in [-0.4, -0.2) is 17.9 Å². The van der Waals surface area contributed by atoms with Crippen LogP contribution in [0.25, 0.3) is 0 Å². The molecular formula is C16H11F5O2. The predicted molar refractivity (Wildman–Crippen MR) is 72.5 cm³/mol. The Morgan fingerprint density at radius 1 is 0.870 bits per heavy atom. The number of benzene rings is 2. The minimum atomic E-state index is -5.96. The largest absolute Gasteiger partial charge is 0.488 e. The molecule has 0 aliphatic carbocycles. The standard InChI is InChI=1S/C16H11F5O2/c17-15(18,16(19,20)21)14(22)12-8-4-5-9-13(12)23-10-11-6-2-1-3-7-11/h1-9H,10H2. The van der Waals surface area contributed by atoms with Crippen molar-refractivity contribution in [3.05, 3.63) is 65.7 Å². The summed E-state index contributed by atoms with van der Waals surface area (Å²) in [6.45, 7) is -0.0667.